The molecular weight excluding hydrogens is 536 g/mol. The maximum absolute atomic E-state index is 11.7. The van der Waals surface area contributed by atoms with E-state index in [0.717, 1.165) is 6.07 Å². The van der Waals surface area contributed by atoms with E-state index in [-0.39, 0.29) is 41.2 Å². The lowest BCUT2D eigenvalue weighted by atomic mass is 10.1. The van der Waals surface area contributed by atoms with E-state index in [2.05, 4.69) is 9.47 Å². The van der Waals surface area contributed by atoms with Crippen molar-refractivity contribution in [3.63, 3.8) is 0 Å². The summed E-state index contributed by atoms with van der Waals surface area (Å²) in [6, 6.07) is 8.08. The van der Waals surface area contributed by atoms with Crippen molar-refractivity contribution in [2.24, 2.45) is 0 Å². The summed E-state index contributed by atoms with van der Waals surface area (Å²) in [5, 5.41) is 17.8. The van der Waals surface area contributed by atoms with Crippen molar-refractivity contribution in [2.45, 2.75) is 12.6 Å². The van der Waals surface area contributed by atoms with Crippen molar-refractivity contribution in [3.05, 3.63) is 58.7 Å². The second-order valence-electron chi connectivity index (χ2n) is 7.43. The van der Waals surface area contributed by atoms with Crippen LogP contribution in [0.25, 0.3) is 0 Å². The predicted octanol–water partition coefficient (Wildman–Crippen LogP) is 2.34. The largest absolute Gasteiger partial charge is 0.488 e. The van der Waals surface area contributed by atoms with E-state index < -0.39 is 36.5 Å². The first-order valence-electron chi connectivity index (χ1n) is 11.3. The lowest BCUT2D eigenvalue weighted by molar-refractivity contribution is -0.122. The zero-order chi connectivity index (χ0) is 30.2. The first-order valence-corrected chi connectivity index (χ1v) is 11.3. The standard InChI is InChI=1S/C14H18O7.C12H14O7/c1-17-12(18-2)8-21-9-5-6-10(13(15)19-3)11(7-9)14(16)20-4;1-17-10(18-2)6-19-7-3-4-8(11(13)14)9(5-7)12(15)16/h5-7,12H,8H2,1-4H3;3-5,10H,6H2,1-2H3,(H,13,14)(H,15,16). The number of hydrogen-bond acceptors (Lipinski definition) is 12. The van der Waals surface area contributed by atoms with Gasteiger partial charge in [0.1, 0.15) is 24.7 Å². The Morgan fingerprint density at radius 3 is 1.32 bits per heavy atom. The highest BCUT2D eigenvalue weighted by Gasteiger charge is 2.20. The van der Waals surface area contributed by atoms with E-state index >= 15 is 0 Å². The molecule has 0 bridgehead atoms. The Labute approximate surface area is 230 Å². The monoisotopic (exact) mass is 568 g/mol. The Hall–Kier alpha value is -4.24. The van der Waals surface area contributed by atoms with Crippen molar-refractivity contribution in [1.82, 2.24) is 0 Å². The van der Waals surface area contributed by atoms with Crippen molar-refractivity contribution in [1.29, 1.82) is 0 Å². The Balaban J connectivity index is 0.000000402. The predicted molar refractivity (Wildman–Crippen MR) is 136 cm³/mol. The van der Waals surface area contributed by atoms with Crippen LogP contribution in [0, 0.1) is 0 Å². The molecule has 0 aromatic heterocycles. The molecule has 0 saturated heterocycles. The summed E-state index contributed by atoms with van der Waals surface area (Å²) in [6.07, 6.45) is -1.13. The molecule has 14 nitrogen and oxygen atoms in total. The fourth-order valence-corrected chi connectivity index (χ4v) is 2.95. The molecule has 220 valence electrons. The molecule has 0 atom stereocenters. The molecule has 0 unspecified atom stereocenters. The summed E-state index contributed by atoms with van der Waals surface area (Å²) in [4.78, 5) is 45.1. The number of hydrogen-bond donors (Lipinski definition) is 2. The van der Waals surface area contributed by atoms with Crippen LogP contribution in [0.15, 0.2) is 36.4 Å². The zero-order valence-corrected chi connectivity index (χ0v) is 22.8. The number of methoxy groups -OCH3 is 6. The fourth-order valence-electron chi connectivity index (χ4n) is 2.95. The summed E-state index contributed by atoms with van der Waals surface area (Å²) in [6.45, 7) is 0.184. The molecule has 2 N–H and O–H groups in total. The SMILES string of the molecule is COC(=O)c1ccc(OCC(OC)OC)cc1C(=O)OC.COC(COc1ccc(C(=O)O)c(C(=O)O)c1)OC. The molecule has 40 heavy (non-hydrogen) atoms. The van der Waals surface area contributed by atoms with Gasteiger partial charge in [-0.3, -0.25) is 0 Å². The summed E-state index contributed by atoms with van der Waals surface area (Å²) in [5.74, 6) is -3.33. The molecule has 0 aliphatic rings. The number of carbonyl (C=O) groups is 4. The van der Waals surface area contributed by atoms with Gasteiger partial charge in [-0.1, -0.05) is 0 Å². The molecule has 2 aromatic carbocycles. The number of carboxylic acid groups (broad SMARTS) is 2. The van der Waals surface area contributed by atoms with Gasteiger partial charge < -0.3 is 48.1 Å². The highest BCUT2D eigenvalue weighted by Crippen LogP contribution is 2.21. The van der Waals surface area contributed by atoms with E-state index in [1.54, 1.807) is 6.07 Å². The minimum atomic E-state index is -1.34. The number of esters is 2. The molecule has 0 spiro atoms. The van der Waals surface area contributed by atoms with Crippen LogP contribution < -0.4 is 9.47 Å². The Morgan fingerprint density at radius 1 is 0.575 bits per heavy atom. The third-order valence-electron chi connectivity index (χ3n) is 5.08. The van der Waals surface area contributed by atoms with E-state index in [1.165, 1.54) is 66.9 Å². The molecule has 0 fully saturated rings. The van der Waals surface area contributed by atoms with Crippen LogP contribution in [0.1, 0.15) is 41.4 Å². The van der Waals surface area contributed by atoms with Gasteiger partial charge in [0.05, 0.1) is 36.5 Å². The van der Waals surface area contributed by atoms with Crippen LogP contribution in [-0.4, -0.2) is 103 Å². The van der Waals surface area contributed by atoms with Crippen LogP contribution in [0.4, 0.5) is 0 Å². The van der Waals surface area contributed by atoms with Crippen molar-refractivity contribution in [2.75, 3.05) is 55.9 Å². The molecule has 14 heteroatoms. The average Bonchev–Trinajstić information content (AvgIpc) is 2.97. The molecule has 0 aliphatic carbocycles. The zero-order valence-electron chi connectivity index (χ0n) is 22.8. The summed E-state index contributed by atoms with van der Waals surface area (Å²) in [7, 11) is 8.30. The summed E-state index contributed by atoms with van der Waals surface area (Å²) >= 11 is 0. The smallest absolute Gasteiger partial charge is 0.338 e. The minimum absolute atomic E-state index is 0.0540. The van der Waals surface area contributed by atoms with Gasteiger partial charge in [0.25, 0.3) is 0 Å². The van der Waals surface area contributed by atoms with E-state index in [9.17, 15) is 19.2 Å². The van der Waals surface area contributed by atoms with Gasteiger partial charge in [-0.25, -0.2) is 19.2 Å². The minimum Gasteiger partial charge on any atom is -0.488 e. The summed E-state index contributed by atoms with van der Waals surface area (Å²) < 4.78 is 39.8. The lowest BCUT2D eigenvalue weighted by Gasteiger charge is -2.15. The molecule has 0 saturated carbocycles. The molecule has 0 radical (unpaired) electrons. The van der Waals surface area contributed by atoms with E-state index in [1.807, 2.05) is 0 Å². The number of ether oxygens (including phenoxy) is 8. The van der Waals surface area contributed by atoms with E-state index in [0.29, 0.717) is 5.75 Å². The Kier molecular flexibility index (Phi) is 14.7. The third-order valence-corrected chi connectivity index (χ3v) is 5.08. The molecule has 2 rings (SSSR count). The molecular formula is C26H32O14. The molecule has 0 amide bonds. The van der Waals surface area contributed by atoms with Crippen molar-refractivity contribution in [3.8, 4) is 11.5 Å². The topological polar surface area (TPSA) is 183 Å². The second-order valence-corrected chi connectivity index (χ2v) is 7.43. The molecule has 0 aliphatic heterocycles. The van der Waals surface area contributed by atoms with Crippen LogP contribution >= 0.6 is 0 Å². The second kappa shape index (κ2) is 17.4. The van der Waals surface area contributed by atoms with Gasteiger partial charge in [-0.15, -0.1) is 0 Å². The van der Waals surface area contributed by atoms with Crippen LogP contribution in [0.5, 0.6) is 11.5 Å². The number of rotatable bonds is 14. The highest BCUT2D eigenvalue weighted by atomic mass is 16.7. The van der Waals surface area contributed by atoms with Crippen LogP contribution in [0.3, 0.4) is 0 Å². The number of carboxylic acids is 2. The van der Waals surface area contributed by atoms with Gasteiger partial charge in [-0.05, 0) is 36.4 Å². The maximum Gasteiger partial charge on any atom is 0.338 e. The van der Waals surface area contributed by atoms with Gasteiger partial charge in [0, 0.05) is 28.4 Å². The van der Waals surface area contributed by atoms with Gasteiger partial charge >= 0.3 is 23.9 Å². The van der Waals surface area contributed by atoms with Crippen LogP contribution in [-0.2, 0) is 28.4 Å². The first-order chi connectivity index (χ1) is 19.1. The van der Waals surface area contributed by atoms with Gasteiger partial charge in [0.2, 0.25) is 0 Å². The average molecular weight is 569 g/mol. The van der Waals surface area contributed by atoms with Crippen molar-refractivity contribution < 1.29 is 67.3 Å². The maximum atomic E-state index is 11.7. The van der Waals surface area contributed by atoms with Gasteiger partial charge in [-0.2, -0.15) is 0 Å². The number of benzene rings is 2. The fraction of sp³-hybridized carbons (Fsp3) is 0.385. The van der Waals surface area contributed by atoms with Crippen LogP contribution in [0.2, 0.25) is 0 Å². The Morgan fingerprint density at radius 2 is 0.950 bits per heavy atom. The lowest BCUT2D eigenvalue weighted by Crippen LogP contribution is -2.22. The third kappa shape index (κ3) is 10.1. The quantitative estimate of drug-likeness (QED) is 0.250. The normalized spacial score (nSPS) is 10.4. The number of carbonyl (C=O) groups excluding carboxylic acids is 2. The van der Waals surface area contributed by atoms with E-state index in [4.69, 9.17) is 38.6 Å². The molecule has 2 aromatic rings. The first kappa shape index (κ1) is 33.8. The highest BCUT2D eigenvalue weighted by molar-refractivity contribution is 6.03. The van der Waals surface area contributed by atoms with Crippen molar-refractivity contribution >= 4 is 23.9 Å². The molecule has 0 heterocycles. The van der Waals surface area contributed by atoms with Gasteiger partial charge in [0.15, 0.2) is 12.6 Å². The summed E-state index contributed by atoms with van der Waals surface area (Å²) in [5.41, 5.74) is -0.466. The number of aromatic carboxylic acids is 2. The Bertz CT molecular complexity index is 1140.